The molecular weight excluding hydrogens is 308 g/mol. The summed E-state index contributed by atoms with van der Waals surface area (Å²) in [7, 11) is 2.07. The van der Waals surface area contributed by atoms with Crippen LogP contribution in [0.4, 0.5) is 0 Å². The number of benzene rings is 1. The number of rotatable bonds is 3. The molecule has 5 nitrogen and oxygen atoms in total. The topological polar surface area (TPSA) is 44.9 Å². The third-order valence-electron chi connectivity index (χ3n) is 4.19. The molecule has 1 unspecified atom stereocenters. The number of para-hydroxylation sites is 1. The minimum atomic E-state index is 0.244. The van der Waals surface area contributed by atoms with Crippen molar-refractivity contribution in [3.8, 4) is 23.0 Å². The molecule has 3 aromatic rings. The number of ether oxygens (including phenoxy) is 1. The molecule has 0 fully saturated rings. The quantitative estimate of drug-likeness (QED) is 0.693. The molecule has 4 rings (SSSR count). The van der Waals surface area contributed by atoms with Crippen LogP contribution < -0.4 is 4.74 Å². The predicted molar refractivity (Wildman–Crippen MR) is 91.3 cm³/mol. The highest BCUT2D eigenvalue weighted by atomic mass is 32.2. The summed E-state index contributed by atoms with van der Waals surface area (Å²) in [6.07, 6.45) is 3.19. The first-order chi connectivity index (χ1) is 11.2. The van der Waals surface area contributed by atoms with Crippen molar-refractivity contribution in [1.82, 2.24) is 19.3 Å². The van der Waals surface area contributed by atoms with Crippen LogP contribution in [-0.2, 0) is 13.5 Å². The van der Waals surface area contributed by atoms with E-state index in [1.54, 1.807) is 11.8 Å². The Bertz CT molecular complexity index is 853. The summed E-state index contributed by atoms with van der Waals surface area (Å²) in [5, 5.41) is 9.67. The number of fused-ring (bicyclic) bond motifs is 1. The zero-order valence-corrected chi connectivity index (χ0v) is 14.2. The maximum atomic E-state index is 5.88. The molecule has 1 aromatic carbocycles. The number of nitrogens with zero attached hydrogens (tertiary/aromatic N) is 4. The van der Waals surface area contributed by atoms with E-state index in [4.69, 9.17) is 4.74 Å². The number of thioether (sulfide) groups is 1. The molecule has 1 atom stereocenters. The first-order valence-corrected chi connectivity index (χ1v) is 8.82. The molecule has 0 N–H and O–H groups in total. The van der Waals surface area contributed by atoms with Gasteiger partial charge in [-0.25, -0.2) is 0 Å². The second kappa shape index (κ2) is 5.45. The molecule has 0 aliphatic carbocycles. The fourth-order valence-electron chi connectivity index (χ4n) is 3.08. The Kier molecular flexibility index (Phi) is 3.41. The van der Waals surface area contributed by atoms with Crippen molar-refractivity contribution in [3.63, 3.8) is 0 Å². The molecule has 0 radical (unpaired) electrons. The van der Waals surface area contributed by atoms with Gasteiger partial charge in [0.25, 0.3) is 0 Å². The van der Waals surface area contributed by atoms with Crippen molar-refractivity contribution < 1.29 is 4.74 Å². The monoisotopic (exact) mass is 326 g/mol. The highest BCUT2D eigenvalue weighted by molar-refractivity contribution is 7.98. The SMILES string of the molecule is CSc1nnc(-c2cc3c(n2C)CC(C)O3)n1-c1ccccc1. The average Bonchev–Trinajstić information content (AvgIpc) is 3.22. The Balaban J connectivity index is 1.89. The molecule has 23 heavy (non-hydrogen) atoms. The fraction of sp³-hybridized carbons (Fsp3) is 0.294. The third kappa shape index (κ3) is 2.25. The van der Waals surface area contributed by atoms with Crippen LogP contribution in [0.5, 0.6) is 5.75 Å². The lowest BCUT2D eigenvalue weighted by atomic mass is 10.2. The Hall–Kier alpha value is -2.21. The molecule has 0 spiro atoms. The van der Waals surface area contributed by atoms with Gasteiger partial charge in [-0.2, -0.15) is 0 Å². The molecule has 118 valence electrons. The van der Waals surface area contributed by atoms with Gasteiger partial charge in [-0.1, -0.05) is 30.0 Å². The Morgan fingerprint density at radius 2 is 2.00 bits per heavy atom. The van der Waals surface area contributed by atoms with E-state index in [-0.39, 0.29) is 6.10 Å². The first kappa shape index (κ1) is 14.4. The van der Waals surface area contributed by atoms with E-state index in [2.05, 4.69) is 51.5 Å². The van der Waals surface area contributed by atoms with Gasteiger partial charge < -0.3 is 9.30 Å². The Labute approximate surface area is 139 Å². The number of hydrogen-bond acceptors (Lipinski definition) is 4. The summed E-state index contributed by atoms with van der Waals surface area (Å²) in [5.74, 6) is 1.80. The van der Waals surface area contributed by atoms with Crippen molar-refractivity contribution in [2.75, 3.05) is 6.26 Å². The third-order valence-corrected chi connectivity index (χ3v) is 4.82. The van der Waals surface area contributed by atoms with Gasteiger partial charge in [-0.05, 0) is 25.3 Å². The first-order valence-electron chi connectivity index (χ1n) is 7.59. The second-order valence-electron chi connectivity index (χ2n) is 5.71. The predicted octanol–water partition coefficient (Wildman–Crippen LogP) is 3.32. The van der Waals surface area contributed by atoms with Crippen molar-refractivity contribution in [2.45, 2.75) is 24.6 Å². The van der Waals surface area contributed by atoms with E-state index in [9.17, 15) is 0 Å². The van der Waals surface area contributed by atoms with Crippen LogP contribution in [0.1, 0.15) is 12.6 Å². The van der Waals surface area contributed by atoms with Crippen LogP contribution in [0.2, 0.25) is 0 Å². The summed E-state index contributed by atoms with van der Waals surface area (Å²) in [6.45, 7) is 2.10. The lowest BCUT2D eigenvalue weighted by Gasteiger charge is -2.11. The largest absolute Gasteiger partial charge is 0.488 e. The van der Waals surface area contributed by atoms with Gasteiger partial charge in [0, 0.05) is 25.2 Å². The van der Waals surface area contributed by atoms with Crippen LogP contribution >= 0.6 is 11.8 Å². The molecule has 0 saturated carbocycles. The fourth-order valence-corrected chi connectivity index (χ4v) is 3.57. The molecule has 0 saturated heterocycles. The highest BCUT2D eigenvalue weighted by Crippen LogP contribution is 2.36. The van der Waals surface area contributed by atoms with Gasteiger partial charge in [0.05, 0.1) is 11.4 Å². The van der Waals surface area contributed by atoms with Crippen molar-refractivity contribution in [3.05, 3.63) is 42.1 Å². The minimum Gasteiger partial charge on any atom is -0.488 e. The number of aromatic nitrogens is 4. The van der Waals surface area contributed by atoms with E-state index < -0.39 is 0 Å². The second-order valence-corrected chi connectivity index (χ2v) is 6.49. The Morgan fingerprint density at radius 1 is 1.22 bits per heavy atom. The average molecular weight is 326 g/mol. The van der Waals surface area contributed by atoms with Crippen LogP contribution in [0.25, 0.3) is 17.2 Å². The highest BCUT2D eigenvalue weighted by Gasteiger charge is 2.27. The smallest absolute Gasteiger partial charge is 0.195 e. The van der Waals surface area contributed by atoms with Crippen LogP contribution in [-0.4, -0.2) is 31.7 Å². The molecule has 6 heteroatoms. The van der Waals surface area contributed by atoms with Gasteiger partial charge in [0.15, 0.2) is 11.0 Å². The standard InChI is InChI=1S/C17H18N4OS/c1-11-9-13-15(22-11)10-14(20(13)2)16-18-19-17(23-3)21(16)12-7-5-4-6-8-12/h4-8,10-11H,9H2,1-3H3. The lowest BCUT2D eigenvalue weighted by Crippen LogP contribution is -2.09. The molecular formula is C17H18N4OS. The van der Waals surface area contributed by atoms with Gasteiger partial charge in [0.1, 0.15) is 11.9 Å². The van der Waals surface area contributed by atoms with Crippen LogP contribution in [0.3, 0.4) is 0 Å². The van der Waals surface area contributed by atoms with Gasteiger partial charge in [0.2, 0.25) is 0 Å². The summed E-state index contributed by atoms with van der Waals surface area (Å²) < 4.78 is 10.2. The summed E-state index contributed by atoms with van der Waals surface area (Å²) in [5.41, 5.74) is 3.31. The molecule has 0 bridgehead atoms. The molecule has 1 aliphatic heterocycles. The molecule has 3 heterocycles. The lowest BCUT2D eigenvalue weighted by molar-refractivity contribution is 0.254. The number of hydrogen-bond donors (Lipinski definition) is 0. The summed E-state index contributed by atoms with van der Waals surface area (Å²) in [4.78, 5) is 0. The van der Waals surface area contributed by atoms with Crippen molar-refractivity contribution >= 4 is 11.8 Å². The normalized spacial score (nSPS) is 16.4. The van der Waals surface area contributed by atoms with E-state index in [1.165, 1.54) is 5.69 Å². The van der Waals surface area contributed by atoms with Gasteiger partial charge >= 0.3 is 0 Å². The van der Waals surface area contributed by atoms with Crippen LogP contribution in [0, 0.1) is 0 Å². The molecule has 1 aliphatic rings. The molecule has 2 aromatic heterocycles. The maximum absolute atomic E-state index is 5.88. The van der Waals surface area contributed by atoms with Crippen molar-refractivity contribution in [2.24, 2.45) is 7.05 Å². The summed E-state index contributed by atoms with van der Waals surface area (Å²) >= 11 is 1.59. The van der Waals surface area contributed by atoms with Gasteiger partial charge in [-0.15, -0.1) is 10.2 Å². The van der Waals surface area contributed by atoms with Gasteiger partial charge in [-0.3, -0.25) is 4.57 Å². The van der Waals surface area contributed by atoms with E-state index in [0.29, 0.717) is 0 Å². The summed E-state index contributed by atoms with van der Waals surface area (Å²) in [6, 6.07) is 12.3. The zero-order chi connectivity index (χ0) is 16.0. The maximum Gasteiger partial charge on any atom is 0.195 e. The zero-order valence-electron chi connectivity index (χ0n) is 13.4. The molecule has 0 amide bonds. The van der Waals surface area contributed by atoms with Crippen LogP contribution in [0.15, 0.2) is 41.6 Å². The van der Waals surface area contributed by atoms with E-state index in [0.717, 1.165) is 34.5 Å². The van der Waals surface area contributed by atoms with E-state index >= 15 is 0 Å². The Morgan fingerprint density at radius 3 is 2.70 bits per heavy atom. The van der Waals surface area contributed by atoms with E-state index in [1.807, 2.05) is 24.5 Å². The minimum absolute atomic E-state index is 0.244. The van der Waals surface area contributed by atoms with Crippen molar-refractivity contribution in [1.29, 1.82) is 0 Å².